The van der Waals surface area contributed by atoms with Gasteiger partial charge in [-0.25, -0.2) is 0 Å². The summed E-state index contributed by atoms with van der Waals surface area (Å²) >= 11 is 0. The summed E-state index contributed by atoms with van der Waals surface area (Å²) in [6.07, 6.45) is 2.63. The predicted octanol–water partition coefficient (Wildman–Crippen LogP) is 0.607. The standard InChI is InChI=1S/C9H15NO3/c1-6(11)10-8-4-3-5-9(8)13-7(2)12/h8-9H,3-5H2,1-2H3,(H,10,11). The molecule has 0 bridgehead atoms. The van der Waals surface area contributed by atoms with E-state index in [1.165, 1.54) is 13.8 Å². The van der Waals surface area contributed by atoms with Gasteiger partial charge in [0.15, 0.2) is 0 Å². The SMILES string of the molecule is CC(=O)NC1CCCC1OC(C)=O. The molecule has 0 aliphatic heterocycles. The van der Waals surface area contributed by atoms with Crippen molar-refractivity contribution in [2.24, 2.45) is 0 Å². The summed E-state index contributed by atoms with van der Waals surface area (Å²) in [7, 11) is 0. The zero-order valence-corrected chi connectivity index (χ0v) is 8.00. The minimum Gasteiger partial charge on any atom is -0.460 e. The zero-order valence-electron chi connectivity index (χ0n) is 8.00. The van der Waals surface area contributed by atoms with Crippen molar-refractivity contribution in [3.8, 4) is 0 Å². The Morgan fingerprint density at radius 3 is 2.54 bits per heavy atom. The van der Waals surface area contributed by atoms with Crippen molar-refractivity contribution in [1.29, 1.82) is 0 Å². The summed E-state index contributed by atoms with van der Waals surface area (Å²) < 4.78 is 5.07. The lowest BCUT2D eigenvalue weighted by Crippen LogP contribution is -2.40. The molecule has 4 nitrogen and oxygen atoms in total. The Kier molecular flexibility index (Phi) is 3.28. The molecule has 4 heteroatoms. The molecule has 0 heterocycles. The fourth-order valence-electron chi connectivity index (χ4n) is 1.71. The van der Waals surface area contributed by atoms with E-state index in [9.17, 15) is 9.59 Å². The number of hydrogen-bond acceptors (Lipinski definition) is 3. The van der Waals surface area contributed by atoms with Gasteiger partial charge in [-0.3, -0.25) is 9.59 Å². The van der Waals surface area contributed by atoms with Gasteiger partial charge in [0.25, 0.3) is 0 Å². The monoisotopic (exact) mass is 185 g/mol. The van der Waals surface area contributed by atoms with Gasteiger partial charge in [-0.2, -0.15) is 0 Å². The molecule has 2 atom stereocenters. The largest absolute Gasteiger partial charge is 0.460 e. The zero-order chi connectivity index (χ0) is 9.84. The van der Waals surface area contributed by atoms with Crippen LogP contribution in [0.2, 0.25) is 0 Å². The number of carbonyl (C=O) groups excluding carboxylic acids is 2. The molecule has 0 aromatic carbocycles. The van der Waals surface area contributed by atoms with E-state index in [0.29, 0.717) is 0 Å². The highest BCUT2D eigenvalue weighted by Crippen LogP contribution is 2.22. The van der Waals surface area contributed by atoms with Crippen LogP contribution in [0.4, 0.5) is 0 Å². The molecule has 0 radical (unpaired) electrons. The molecule has 1 amide bonds. The van der Waals surface area contributed by atoms with Gasteiger partial charge in [-0.1, -0.05) is 0 Å². The summed E-state index contributed by atoms with van der Waals surface area (Å²) in [6.45, 7) is 2.87. The van der Waals surface area contributed by atoms with Gasteiger partial charge in [0.1, 0.15) is 6.10 Å². The van der Waals surface area contributed by atoms with E-state index in [4.69, 9.17) is 4.74 Å². The second-order valence-corrected chi connectivity index (χ2v) is 3.39. The molecule has 1 saturated carbocycles. The average molecular weight is 185 g/mol. The lowest BCUT2D eigenvalue weighted by Gasteiger charge is -2.19. The molecule has 74 valence electrons. The highest BCUT2D eigenvalue weighted by atomic mass is 16.5. The summed E-state index contributed by atoms with van der Waals surface area (Å²) in [6, 6.07) is 0.0152. The van der Waals surface area contributed by atoms with Crippen molar-refractivity contribution in [3.05, 3.63) is 0 Å². The predicted molar refractivity (Wildman–Crippen MR) is 47.0 cm³/mol. The summed E-state index contributed by atoms with van der Waals surface area (Å²) in [5, 5.41) is 2.78. The van der Waals surface area contributed by atoms with Crippen LogP contribution in [0.15, 0.2) is 0 Å². The smallest absolute Gasteiger partial charge is 0.302 e. The van der Waals surface area contributed by atoms with Crippen molar-refractivity contribution in [2.45, 2.75) is 45.3 Å². The minimum absolute atomic E-state index is 0.0152. The number of ether oxygens (including phenoxy) is 1. The van der Waals surface area contributed by atoms with E-state index in [-0.39, 0.29) is 24.0 Å². The Hall–Kier alpha value is -1.06. The van der Waals surface area contributed by atoms with Crippen molar-refractivity contribution in [3.63, 3.8) is 0 Å². The van der Waals surface area contributed by atoms with Gasteiger partial charge in [-0.05, 0) is 19.3 Å². The quantitative estimate of drug-likeness (QED) is 0.641. The molecule has 1 aliphatic rings. The number of hydrogen-bond donors (Lipinski definition) is 1. The van der Waals surface area contributed by atoms with Crippen molar-refractivity contribution in [1.82, 2.24) is 5.32 Å². The molecule has 1 aliphatic carbocycles. The number of amides is 1. The Morgan fingerprint density at radius 1 is 1.31 bits per heavy atom. The van der Waals surface area contributed by atoms with Crippen LogP contribution < -0.4 is 5.32 Å². The Morgan fingerprint density at radius 2 is 2.00 bits per heavy atom. The van der Waals surface area contributed by atoms with E-state index in [0.717, 1.165) is 19.3 Å². The highest BCUT2D eigenvalue weighted by molar-refractivity contribution is 5.73. The van der Waals surface area contributed by atoms with Crippen LogP contribution in [0.25, 0.3) is 0 Å². The second-order valence-electron chi connectivity index (χ2n) is 3.39. The van der Waals surface area contributed by atoms with Crippen molar-refractivity contribution < 1.29 is 14.3 Å². The van der Waals surface area contributed by atoms with Crippen molar-refractivity contribution >= 4 is 11.9 Å². The van der Waals surface area contributed by atoms with Crippen LogP contribution in [-0.4, -0.2) is 24.0 Å². The molecule has 0 aromatic rings. The third kappa shape index (κ3) is 3.05. The van der Waals surface area contributed by atoms with Gasteiger partial charge in [0, 0.05) is 13.8 Å². The van der Waals surface area contributed by atoms with Gasteiger partial charge >= 0.3 is 5.97 Å². The topological polar surface area (TPSA) is 55.4 Å². The normalized spacial score (nSPS) is 26.9. The Labute approximate surface area is 77.6 Å². The second kappa shape index (κ2) is 4.25. The average Bonchev–Trinajstić information content (AvgIpc) is 2.34. The molecule has 1 rings (SSSR count). The summed E-state index contributed by atoms with van der Waals surface area (Å²) in [5.41, 5.74) is 0. The summed E-state index contributed by atoms with van der Waals surface area (Å²) in [5.74, 6) is -0.341. The fraction of sp³-hybridized carbons (Fsp3) is 0.778. The fourth-order valence-corrected chi connectivity index (χ4v) is 1.71. The number of nitrogens with one attached hydrogen (secondary N) is 1. The minimum atomic E-state index is -0.276. The molecule has 0 saturated heterocycles. The maximum atomic E-state index is 10.8. The maximum absolute atomic E-state index is 10.8. The maximum Gasteiger partial charge on any atom is 0.302 e. The number of esters is 1. The molecule has 1 fully saturated rings. The molecule has 0 spiro atoms. The molecular weight excluding hydrogens is 170 g/mol. The lowest BCUT2D eigenvalue weighted by atomic mass is 10.2. The van der Waals surface area contributed by atoms with E-state index in [1.807, 2.05) is 0 Å². The van der Waals surface area contributed by atoms with Gasteiger partial charge in [-0.15, -0.1) is 0 Å². The first kappa shape index (κ1) is 10.0. The van der Waals surface area contributed by atoms with Crippen LogP contribution in [0, 0.1) is 0 Å². The lowest BCUT2D eigenvalue weighted by molar-refractivity contribution is -0.147. The Bertz CT molecular complexity index is 193. The summed E-state index contributed by atoms with van der Waals surface area (Å²) in [4.78, 5) is 21.5. The molecule has 2 unspecified atom stereocenters. The van der Waals surface area contributed by atoms with E-state index >= 15 is 0 Å². The van der Waals surface area contributed by atoms with Crippen LogP contribution >= 0.6 is 0 Å². The van der Waals surface area contributed by atoms with Gasteiger partial charge in [0.2, 0.25) is 5.91 Å². The third-order valence-electron chi connectivity index (χ3n) is 2.16. The number of rotatable bonds is 2. The first-order valence-electron chi connectivity index (χ1n) is 4.54. The van der Waals surface area contributed by atoms with Crippen molar-refractivity contribution in [2.75, 3.05) is 0 Å². The number of carbonyl (C=O) groups is 2. The van der Waals surface area contributed by atoms with E-state index in [1.54, 1.807) is 0 Å². The van der Waals surface area contributed by atoms with Gasteiger partial charge in [0.05, 0.1) is 6.04 Å². The third-order valence-corrected chi connectivity index (χ3v) is 2.16. The van der Waals surface area contributed by atoms with E-state index < -0.39 is 0 Å². The van der Waals surface area contributed by atoms with Crippen LogP contribution in [0.3, 0.4) is 0 Å². The van der Waals surface area contributed by atoms with Gasteiger partial charge < -0.3 is 10.1 Å². The van der Waals surface area contributed by atoms with Crippen LogP contribution in [0.1, 0.15) is 33.1 Å². The van der Waals surface area contributed by atoms with E-state index in [2.05, 4.69) is 5.32 Å². The first-order chi connectivity index (χ1) is 6.09. The first-order valence-corrected chi connectivity index (χ1v) is 4.54. The molecule has 13 heavy (non-hydrogen) atoms. The highest BCUT2D eigenvalue weighted by Gasteiger charge is 2.29. The molecular formula is C9H15NO3. The van der Waals surface area contributed by atoms with Crippen LogP contribution in [-0.2, 0) is 14.3 Å². The van der Waals surface area contributed by atoms with Crippen LogP contribution in [0.5, 0.6) is 0 Å². The Balaban J connectivity index is 2.43. The molecule has 1 N–H and O–H groups in total. The molecule has 0 aromatic heterocycles.